The lowest BCUT2D eigenvalue weighted by Crippen LogP contribution is -2.19. The van der Waals surface area contributed by atoms with Gasteiger partial charge in [-0.2, -0.15) is 5.10 Å². The van der Waals surface area contributed by atoms with Gasteiger partial charge in [-0.25, -0.2) is 9.37 Å². The number of hydrogen-bond donors (Lipinski definition) is 2. The maximum Gasteiger partial charge on any atom is 0.159 e. The number of nitrogens with zero attached hydrogens (tertiary/aromatic N) is 6. The van der Waals surface area contributed by atoms with E-state index in [1.54, 1.807) is 37.1 Å². The molecule has 0 fully saturated rings. The summed E-state index contributed by atoms with van der Waals surface area (Å²) in [5, 5.41) is 8.43. The molecular weight excluding hydrogens is 571 g/mol. The number of nitrogens with one attached hydrogen (secondary N) is 2. The number of rotatable bonds is 10. The van der Waals surface area contributed by atoms with Gasteiger partial charge in [-0.3, -0.25) is 20.1 Å². The second kappa shape index (κ2) is 12.1. The number of fused-ring (bicyclic) bond motifs is 2. The first-order valence-corrected chi connectivity index (χ1v) is 14.4. The molecule has 2 aromatic carbocycles. The smallest absolute Gasteiger partial charge is 0.159 e. The Labute approximate surface area is 257 Å². The Balaban J connectivity index is 1.20. The second-order valence-corrected chi connectivity index (χ2v) is 10.9. The quantitative estimate of drug-likeness (QED) is 0.188. The summed E-state index contributed by atoms with van der Waals surface area (Å²) in [5.41, 5.74) is 6.58. The molecule has 0 aliphatic carbocycles. The maximum absolute atomic E-state index is 14.7. The Bertz CT molecular complexity index is 2110. The molecule has 45 heavy (non-hydrogen) atoms. The van der Waals surface area contributed by atoms with Crippen molar-refractivity contribution < 1.29 is 13.9 Å². The van der Waals surface area contributed by atoms with Crippen LogP contribution in [0.5, 0.6) is 11.5 Å². The fourth-order valence-corrected chi connectivity index (χ4v) is 5.04. The van der Waals surface area contributed by atoms with Gasteiger partial charge >= 0.3 is 0 Å². The summed E-state index contributed by atoms with van der Waals surface area (Å²) in [6, 6.07) is 18.5. The minimum Gasteiger partial charge on any atom is -0.492 e. The van der Waals surface area contributed by atoms with Crippen LogP contribution < -0.4 is 9.47 Å². The van der Waals surface area contributed by atoms with Crippen LogP contribution in [0.3, 0.4) is 0 Å². The van der Waals surface area contributed by atoms with Crippen molar-refractivity contribution in [2.45, 2.75) is 6.61 Å². The molecule has 0 aliphatic rings. The molecule has 0 unspecified atom stereocenters. The van der Waals surface area contributed by atoms with Crippen LogP contribution in [0.15, 0.2) is 91.6 Å². The molecule has 0 saturated carbocycles. The molecule has 0 spiro atoms. The third-order valence-electron chi connectivity index (χ3n) is 7.31. The molecule has 0 amide bonds. The Morgan fingerprint density at radius 3 is 2.53 bits per heavy atom. The van der Waals surface area contributed by atoms with Gasteiger partial charge in [0, 0.05) is 41.5 Å². The lowest BCUT2D eigenvalue weighted by Gasteiger charge is -2.12. The number of halogens is 1. The molecule has 11 heteroatoms. The van der Waals surface area contributed by atoms with Crippen LogP contribution in [0.2, 0.25) is 0 Å². The lowest BCUT2D eigenvalue weighted by atomic mass is 10.1. The Hall–Kier alpha value is -5.68. The van der Waals surface area contributed by atoms with Crippen LogP contribution in [0.4, 0.5) is 4.39 Å². The molecule has 0 atom stereocenters. The van der Waals surface area contributed by atoms with E-state index in [-0.39, 0.29) is 0 Å². The van der Waals surface area contributed by atoms with Crippen molar-refractivity contribution in [1.29, 1.82) is 0 Å². The van der Waals surface area contributed by atoms with Gasteiger partial charge in [-0.1, -0.05) is 30.3 Å². The van der Waals surface area contributed by atoms with E-state index >= 15 is 0 Å². The summed E-state index contributed by atoms with van der Waals surface area (Å²) in [6.07, 6.45) is 8.54. The van der Waals surface area contributed by atoms with Crippen LogP contribution >= 0.6 is 0 Å². The van der Waals surface area contributed by atoms with E-state index in [0.717, 1.165) is 22.0 Å². The highest BCUT2D eigenvalue weighted by Crippen LogP contribution is 2.34. The highest BCUT2D eigenvalue weighted by atomic mass is 19.1. The van der Waals surface area contributed by atoms with Gasteiger partial charge in [0.1, 0.15) is 36.2 Å². The third kappa shape index (κ3) is 6.06. The number of benzene rings is 2. The van der Waals surface area contributed by atoms with Gasteiger partial charge < -0.3 is 19.4 Å². The van der Waals surface area contributed by atoms with E-state index in [9.17, 15) is 4.39 Å². The van der Waals surface area contributed by atoms with E-state index in [1.165, 1.54) is 12.1 Å². The zero-order valence-electron chi connectivity index (χ0n) is 24.7. The van der Waals surface area contributed by atoms with Crippen LogP contribution in [0.1, 0.15) is 5.56 Å². The minimum absolute atomic E-state index is 0.400. The predicted octanol–water partition coefficient (Wildman–Crippen LogP) is 6.28. The summed E-state index contributed by atoms with van der Waals surface area (Å²) < 4.78 is 26.4. The van der Waals surface area contributed by atoms with Gasteiger partial charge in [0.2, 0.25) is 0 Å². The number of pyridine rings is 3. The van der Waals surface area contributed by atoms with Crippen LogP contribution in [-0.4, -0.2) is 67.3 Å². The number of H-pyrrole nitrogens is 2. The molecule has 7 aromatic rings. The molecule has 0 saturated heterocycles. The number of likely N-dealkylation sites (N-methyl/N-ethyl adjacent to an activating group) is 1. The first kappa shape index (κ1) is 28.1. The number of aromatic nitrogens is 7. The molecule has 5 heterocycles. The van der Waals surface area contributed by atoms with Crippen molar-refractivity contribution in [2.75, 3.05) is 27.2 Å². The molecule has 224 valence electrons. The maximum atomic E-state index is 14.7. The summed E-state index contributed by atoms with van der Waals surface area (Å²) in [6.45, 7) is 1.59. The first-order valence-electron chi connectivity index (χ1n) is 14.4. The molecule has 0 radical (unpaired) electrons. The normalized spacial score (nSPS) is 11.5. The fourth-order valence-electron chi connectivity index (χ4n) is 5.04. The van der Waals surface area contributed by atoms with E-state index in [0.29, 0.717) is 70.6 Å². The summed E-state index contributed by atoms with van der Waals surface area (Å²) >= 11 is 0. The Morgan fingerprint density at radius 1 is 0.822 bits per heavy atom. The fraction of sp³-hybridized carbons (Fsp3) is 0.147. The van der Waals surface area contributed by atoms with Crippen molar-refractivity contribution in [3.8, 4) is 45.4 Å². The Kier molecular flexibility index (Phi) is 7.58. The SMILES string of the molecule is CN(C)CCOc1cc(F)cc(-c2cncc3[nH]c(-c4n[nH]c5cnc(-c6cncc(OCc7ccccc7)c6)cc45)nc23)c1. The highest BCUT2D eigenvalue weighted by molar-refractivity contribution is 5.97. The largest absolute Gasteiger partial charge is 0.492 e. The molecule has 0 bridgehead atoms. The topological polar surface area (TPSA) is 118 Å². The highest BCUT2D eigenvalue weighted by Gasteiger charge is 2.18. The van der Waals surface area contributed by atoms with Crippen LogP contribution in [0, 0.1) is 5.82 Å². The summed E-state index contributed by atoms with van der Waals surface area (Å²) in [7, 11) is 3.92. The van der Waals surface area contributed by atoms with Gasteiger partial charge in [-0.05, 0) is 49.5 Å². The predicted molar refractivity (Wildman–Crippen MR) is 170 cm³/mol. The molecule has 5 aromatic heterocycles. The molecule has 0 aliphatic heterocycles. The Morgan fingerprint density at radius 2 is 1.67 bits per heavy atom. The number of aromatic amines is 2. The third-order valence-corrected chi connectivity index (χ3v) is 7.31. The standard InChI is InChI=1S/C34H29FN8O2/c1-43(2)8-9-44-25-11-22(10-24(35)13-25)28-17-37-18-31-32(28)40-34(39-31)33-27-14-29(38-19-30(27)41-42-33)23-12-26(16-36-15-23)45-20-21-6-4-3-5-7-21/h3-7,10-19H,8-9,20H2,1-2H3,(H,39,40)(H,41,42). The number of hydrogen-bond acceptors (Lipinski definition) is 8. The van der Waals surface area contributed by atoms with E-state index in [1.807, 2.05) is 61.5 Å². The molecule has 2 N–H and O–H groups in total. The van der Waals surface area contributed by atoms with Crippen molar-refractivity contribution in [2.24, 2.45) is 0 Å². The zero-order valence-corrected chi connectivity index (χ0v) is 24.7. The molecular formula is C34H29FN8O2. The van der Waals surface area contributed by atoms with Gasteiger partial charge in [0.15, 0.2) is 5.82 Å². The van der Waals surface area contributed by atoms with Crippen molar-refractivity contribution in [3.05, 3.63) is 103 Å². The van der Waals surface area contributed by atoms with Gasteiger partial charge in [0.25, 0.3) is 0 Å². The van der Waals surface area contributed by atoms with Crippen molar-refractivity contribution >= 4 is 21.9 Å². The number of imidazole rings is 1. The van der Waals surface area contributed by atoms with Crippen LogP contribution in [0.25, 0.3) is 55.8 Å². The molecule has 7 rings (SSSR count). The second-order valence-electron chi connectivity index (χ2n) is 10.9. The van der Waals surface area contributed by atoms with Crippen molar-refractivity contribution in [3.63, 3.8) is 0 Å². The summed E-state index contributed by atoms with van der Waals surface area (Å²) in [5.74, 6) is 1.23. The summed E-state index contributed by atoms with van der Waals surface area (Å²) in [4.78, 5) is 23.6. The average Bonchev–Trinajstić information content (AvgIpc) is 3.68. The minimum atomic E-state index is -0.400. The van der Waals surface area contributed by atoms with Gasteiger partial charge in [0.05, 0.1) is 40.8 Å². The van der Waals surface area contributed by atoms with E-state index in [2.05, 4.69) is 30.1 Å². The van der Waals surface area contributed by atoms with Gasteiger partial charge in [-0.15, -0.1) is 0 Å². The first-order chi connectivity index (χ1) is 22.0. The van der Waals surface area contributed by atoms with Crippen molar-refractivity contribution in [1.82, 2.24) is 40.0 Å². The number of ether oxygens (including phenoxy) is 2. The average molecular weight is 601 g/mol. The zero-order chi connectivity index (χ0) is 30.8. The van der Waals surface area contributed by atoms with E-state index in [4.69, 9.17) is 14.5 Å². The monoisotopic (exact) mass is 600 g/mol. The van der Waals surface area contributed by atoms with Crippen LogP contribution in [-0.2, 0) is 6.61 Å². The molecule has 10 nitrogen and oxygen atoms in total. The van der Waals surface area contributed by atoms with E-state index < -0.39 is 5.82 Å². The lowest BCUT2D eigenvalue weighted by molar-refractivity contribution is 0.260.